The van der Waals surface area contributed by atoms with Crippen molar-refractivity contribution in [1.29, 1.82) is 0 Å². The van der Waals surface area contributed by atoms with Gasteiger partial charge in [0.1, 0.15) is 11.9 Å². The highest BCUT2D eigenvalue weighted by Gasteiger charge is 2.41. The van der Waals surface area contributed by atoms with E-state index in [4.69, 9.17) is 4.74 Å². The van der Waals surface area contributed by atoms with Crippen LogP contribution in [0.5, 0.6) is 0 Å². The third kappa shape index (κ3) is 4.69. The zero-order valence-electron chi connectivity index (χ0n) is 14.2. The van der Waals surface area contributed by atoms with Crippen LogP contribution in [0.1, 0.15) is 73.1 Å². The van der Waals surface area contributed by atoms with Crippen molar-refractivity contribution in [2.75, 3.05) is 0 Å². The van der Waals surface area contributed by atoms with Gasteiger partial charge in [-0.15, -0.1) is 0 Å². The molecule has 1 aliphatic carbocycles. The molecule has 0 radical (unpaired) electrons. The maximum absolute atomic E-state index is 12.5. The van der Waals surface area contributed by atoms with Gasteiger partial charge in [-0.2, -0.15) is 0 Å². The fourth-order valence-corrected chi connectivity index (χ4v) is 2.70. The lowest BCUT2D eigenvalue weighted by Crippen LogP contribution is -2.42. The van der Waals surface area contributed by atoms with Gasteiger partial charge >= 0.3 is 5.97 Å². The normalized spacial score (nSPS) is 27.3. The van der Waals surface area contributed by atoms with Gasteiger partial charge in [0.15, 0.2) is 0 Å². The number of carbonyl (C=O) groups excluding carboxylic acids is 2. The van der Waals surface area contributed by atoms with E-state index in [0.717, 1.165) is 38.4 Å². The van der Waals surface area contributed by atoms with Gasteiger partial charge in [-0.05, 0) is 59.0 Å². The predicted molar refractivity (Wildman–Crippen MR) is 85.0 cm³/mol. The largest absolute Gasteiger partial charge is 0.454 e. The Labute approximate surface area is 129 Å². The fraction of sp³-hybridized carbons (Fsp3) is 0.778. The van der Waals surface area contributed by atoms with Crippen molar-refractivity contribution in [3.63, 3.8) is 0 Å². The second-order valence-corrected chi connectivity index (χ2v) is 7.03. The molecular weight excluding hydrogens is 264 g/mol. The molecule has 0 amide bonds. The second-order valence-electron chi connectivity index (χ2n) is 7.03. The van der Waals surface area contributed by atoms with Crippen LogP contribution in [0.2, 0.25) is 0 Å². The average molecular weight is 294 g/mol. The molecule has 120 valence electrons. The second kappa shape index (κ2) is 7.24. The lowest BCUT2D eigenvalue weighted by atomic mass is 9.77. The molecule has 0 heterocycles. The Balaban J connectivity index is 3.03. The van der Waals surface area contributed by atoms with Gasteiger partial charge in [0, 0.05) is 12.3 Å². The molecule has 2 atom stereocenters. The highest BCUT2D eigenvalue weighted by atomic mass is 16.6. The van der Waals surface area contributed by atoms with Crippen LogP contribution in [-0.4, -0.2) is 17.9 Å². The van der Waals surface area contributed by atoms with Crippen molar-refractivity contribution < 1.29 is 14.3 Å². The molecule has 1 aliphatic rings. The third-order valence-electron chi connectivity index (χ3n) is 4.77. The summed E-state index contributed by atoms with van der Waals surface area (Å²) in [5.41, 5.74) is 0.145. The van der Waals surface area contributed by atoms with E-state index in [1.807, 2.05) is 20.8 Å². The molecule has 21 heavy (non-hydrogen) atoms. The Hall–Kier alpha value is -1.12. The van der Waals surface area contributed by atoms with Crippen LogP contribution in [0.3, 0.4) is 0 Å². The first-order valence-corrected chi connectivity index (χ1v) is 8.15. The quantitative estimate of drug-likeness (QED) is 0.413. The fourth-order valence-electron chi connectivity index (χ4n) is 2.70. The van der Waals surface area contributed by atoms with Gasteiger partial charge < -0.3 is 9.53 Å². The molecule has 3 heteroatoms. The number of rotatable bonds is 6. The molecule has 1 fully saturated rings. The van der Waals surface area contributed by atoms with E-state index in [-0.39, 0.29) is 11.9 Å². The van der Waals surface area contributed by atoms with Gasteiger partial charge in [-0.1, -0.05) is 19.4 Å². The summed E-state index contributed by atoms with van der Waals surface area (Å²) in [4.78, 5) is 23.7. The molecule has 1 rings (SSSR count). The molecule has 3 nitrogen and oxygen atoms in total. The van der Waals surface area contributed by atoms with Crippen LogP contribution in [-0.2, 0) is 14.3 Å². The number of aldehydes is 1. The molecule has 0 aromatic carbocycles. The molecule has 0 aromatic heterocycles. The summed E-state index contributed by atoms with van der Waals surface area (Å²) in [6.07, 6.45) is 8.06. The van der Waals surface area contributed by atoms with Crippen molar-refractivity contribution in [2.24, 2.45) is 11.3 Å². The average Bonchev–Trinajstić information content (AvgIpc) is 2.46. The first-order chi connectivity index (χ1) is 9.78. The van der Waals surface area contributed by atoms with Gasteiger partial charge in [0.2, 0.25) is 0 Å². The topological polar surface area (TPSA) is 43.4 Å². The number of esters is 1. The summed E-state index contributed by atoms with van der Waals surface area (Å²) in [5.74, 6) is -0.158. The lowest BCUT2D eigenvalue weighted by molar-refractivity contribution is -0.170. The van der Waals surface area contributed by atoms with Crippen molar-refractivity contribution in [3.05, 3.63) is 11.6 Å². The van der Waals surface area contributed by atoms with E-state index >= 15 is 0 Å². The number of hydrogen-bond acceptors (Lipinski definition) is 3. The van der Waals surface area contributed by atoms with Crippen LogP contribution < -0.4 is 0 Å². The first-order valence-electron chi connectivity index (χ1n) is 8.15. The molecule has 0 saturated heterocycles. The van der Waals surface area contributed by atoms with Crippen LogP contribution in [0.4, 0.5) is 0 Å². The van der Waals surface area contributed by atoms with Gasteiger partial charge in [0.25, 0.3) is 0 Å². The van der Waals surface area contributed by atoms with E-state index in [1.165, 1.54) is 5.57 Å². The molecular formula is C18H30O3. The lowest BCUT2D eigenvalue weighted by Gasteiger charge is -2.39. The summed E-state index contributed by atoms with van der Waals surface area (Å²) < 4.78 is 5.96. The van der Waals surface area contributed by atoms with Crippen LogP contribution in [0.25, 0.3) is 0 Å². The van der Waals surface area contributed by atoms with Gasteiger partial charge in [-0.25, -0.2) is 0 Å². The van der Waals surface area contributed by atoms with Crippen molar-refractivity contribution in [1.82, 2.24) is 0 Å². The monoisotopic (exact) mass is 294 g/mol. The summed E-state index contributed by atoms with van der Waals surface area (Å²) in [6, 6.07) is 0. The highest BCUT2D eigenvalue weighted by molar-refractivity contribution is 5.76. The predicted octanol–water partition coefficient (Wildman–Crippen LogP) is 4.45. The molecule has 0 spiro atoms. The Morgan fingerprint density at radius 1 is 1.38 bits per heavy atom. The van der Waals surface area contributed by atoms with Gasteiger partial charge in [-0.3, -0.25) is 4.79 Å². The van der Waals surface area contributed by atoms with E-state index in [9.17, 15) is 9.59 Å². The zero-order chi connectivity index (χ0) is 16.1. The summed E-state index contributed by atoms with van der Waals surface area (Å²) in [6.45, 7) is 9.98. The van der Waals surface area contributed by atoms with E-state index in [1.54, 1.807) is 0 Å². The minimum Gasteiger partial charge on any atom is -0.454 e. The molecule has 0 bridgehead atoms. The smallest absolute Gasteiger partial charge is 0.312 e. The maximum atomic E-state index is 12.5. The SMILES string of the molecule is CC/C(C)=C\C1(OC(=O)C(C)(C)CC)CCCC(C=O)C1. The van der Waals surface area contributed by atoms with Crippen LogP contribution in [0, 0.1) is 11.3 Å². The van der Waals surface area contributed by atoms with Crippen molar-refractivity contribution >= 4 is 12.3 Å². The van der Waals surface area contributed by atoms with E-state index in [0.29, 0.717) is 6.42 Å². The van der Waals surface area contributed by atoms with Crippen molar-refractivity contribution in [3.8, 4) is 0 Å². The molecule has 2 unspecified atom stereocenters. The minimum atomic E-state index is -0.590. The Morgan fingerprint density at radius 2 is 2.05 bits per heavy atom. The summed E-state index contributed by atoms with van der Waals surface area (Å²) in [5, 5.41) is 0. The molecule has 0 N–H and O–H groups in total. The minimum absolute atomic E-state index is 0.00260. The van der Waals surface area contributed by atoms with Crippen LogP contribution in [0.15, 0.2) is 11.6 Å². The Bertz CT molecular complexity index is 409. The van der Waals surface area contributed by atoms with Gasteiger partial charge in [0.05, 0.1) is 5.41 Å². The first kappa shape index (κ1) is 17.9. The molecule has 0 aliphatic heterocycles. The number of ether oxygens (including phenoxy) is 1. The molecule has 1 saturated carbocycles. The number of carbonyl (C=O) groups is 2. The molecule has 0 aromatic rings. The van der Waals surface area contributed by atoms with Crippen LogP contribution >= 0.6 is 0 Å². The number of hydrogen-bond donors (Lipinski definition) is 0. The Kier molecular flexibility index (Phi) is 6.18. The van der Waals surface area contributed by atoms with Crippen molar-refractivity contribution in [2.45, 2.75) is 78.7 Å². The van der Waals surface area contributed by atoms with E-state index < -0.39 is 11.0 Å². The highest BCUT2D eigenvalue weighted by Crippen LogP contribution is 2.39. The van der Waals surface area contributed by atoms with E-state index in [2.05, 4.69) is 19.9 Å². The summed E-state index contributed by atoms with van der Waals surface area (Å²) in [7, 11) is 0. The number of allylic oxidation sites excluding steroid dienone is 1. The Morgan fingerprint density at radius 3 is 2.57 bits per heavy atom. The standard InChI is InChI=1S/C18H30O3/c1-6-14(3)11-18(10-8-9-15(12-18)13-19)21-16(20)17(4,5)7-2/h11,13,15H,6-10,12H2,1-5H3/b14-11-. The summed E-state index contributed by atoms with van der Waals surface area (Å²) >= 11 is 0. The zero-order valence-corrected chi connectivity index (χ0v) is 14.2. The maximum Gasteiger partial charge on any atom is 0.312 e. The third-order valence-corrected chi connectivity index (χ3v) is 4.77.